The third-order valence-corrected chi connectivity index (χ3v) is 10.6. The molecule has 0 saturated heterocycles. The van der Waals surface area contributed by atoms with Gasteiger partial charge in [0, 0.05) is 26.5 Å². The van der Waals surface area contributed by atoms with E-state index in [1.807, 2.05) is 24.3 Å². The lowest BCUT2D eigenvalue weighted by molar-refractivity contribution is -0.384. The molecule has 1 aliphatic heterocycles. The molecular formula is C18H17IN2O3Si. The number of non-ortho nitro benzene ring substituents is 1. The van der Waals surface area contributed by atoms with Crippen LogP contribution in [0.3, 0.4) is 0 Å². The highest BCUT2D eigenvalue weighted by molar-refractivity contribution is 14.1. The number of rotatable bonds is 3. The molecule has 0 aliphatic carbocycles. The third kappa shape index (κ3) is 3.66. The standard InChI is InChI=1S/C18H17IN2O3Si/c1-25(2,3)17(19)16-14-6-4-5-7-15(14)20-18(24-16)12-8-10-13(11-9-12)21(22)23/h4-11H,1-3H3/b17-16+. The van der Waals surface area contributed by atoms with Gasteiger partial charge in [-0.05, 0) is 24.3 Å². The molecule has 5 nitrogen and oxygen atoms in total. The van der Waals surface area contributed by atoms with Crippen LogP contribution >= 0.6 is 22.6 Å². The second-order valence-corrected chi connectivity index (χ2v) is 13.8. The van der Waals surface area contributed by atoms with Crippen molar-refractivity contribution in [2.45, 2.75) is 19.6 Å². The highest BCUT2D eigenvalue weighted by atomic mass is 127. The summed E-state index contributed by atoms with van der Waals surface area (Å²) in [6, 6.07) is 14.2. The summed E-state index contributed by atoms with van der Waals surface area (Å²) in [5, 5.41) is 10.8. The molecule has 1 heterocycles. The summed E-state index contributed by atoms with van der Waals surface area (Å²) < 4.78 is 7.40. The van der Waals surface area contributed by atoms with Crippen molar-refractivity contribution >= 4 is 53.7 Å². The van der Waals surface area contributed by atoms with Gasteiger partial charge in [-0.3, -0.25) is 10.1 Å². The number of ether oxygens (including phenoxy) is 1. The number of benzene rings is 2. The van der Waals surface area contributed by atoms with Crippen molar-refractivity contribution in [1.29, 1.82) is 0 Å². The van der Waals surface area contributed by atoms with Crippen LogP contribution in [-0.4, -0.2) is 18.9 Å². The number of aliphatic imine (C=N–C) groups is 1. The third-order valence-electron chi connectivity index (χ3n) is 3.75. The molecule has 0 fully saturated rings. The molecule has 0 unspecified atom stereocenters. The lowest BCUT2D eigenvalue weighted by Crippen LogP contribution is -2.24. The first-order valence-corrected chi connectivity index (χ1v) is 12.4. The van der Waals surface area contributed by atoms with Crippen molar-refractivity contribution < 1.29 is 9.66 Å². The van der Waals surface area contributed by atoms with Gasteiger partial charge in [0.05, 0.1) is 18.7 Å². The van der Waals surface area contributed by atoms with Crippen molar-refractivity contribution in [3.05, 3.63) is 73.0 Å². The minimum Gasteiger partial charge on any atom is -0.437 e. The Kier molecular flexibility index (Phi) is 4.78. The van der Waals surface area contributed by atoms with Crippen LogP contribution < -0.4 is 0 Å². The number of nitrogens with zero attached hydrogens (tertiary/aromatic N) is 2. The SMILES string of the molecule is C[Si](C)(C)/C(I)=C1/OC(c2ccc([N+](=O)[O-])cc2)=Nc2ccccc21. The Morgan fingerprint density at radius 1 is 1.12 bits per heavy atom. The molecule has 2 aromatic rings. The molecule has 1 aliphatic rings. The monoisotopic (exact) mass is 464 g/mol. The van der Waals surface area contributed by atoms with Crippen LogP contribution in [0.15, 0.2) is 56.7 Å². The van der Waals surface area contributed by atoms with E-state index in [4.69, 9.17) is 4.74 Å². The molecule has 0 radical (unpaired) electrons. The summed E-state index contributed by atoms with van der Waals surface area (Å²) in [5.41, 5.74) is 2.61. The summed E-state index contributed by atoms with van der Waals surface area (Å²) in [4.78, 5) is 15.0. The maximum Gasteiger partial charge on any atom is 0.269 e. The first-order chi connectivity index (χ1) is 11.8. The fourth-order valence-corrected chi connectivity index (χ4v) is 3.67. The summed E-state index contributed by atoms with van der Waals surface area (Å²) in [5.74, 6) is 1.31. The van der Waals surface area contributed by atoms with E-state index >= 15 is 0 Å². The smallest absolute Gasteiger partial charge is 0.269 e. The fourth-order valence-electron chi connectivity index (χ4n) is 2.40. The summed E-state index contributed by atoms with van der Waals surface area (Å²) in [7, 11) is -1.57. The summed E-state index contributed by atoms with van der Waals surface area (Å²) in [6.07, 6.45) is 0. The first kappa shape index (κ1) is 17.8. The minimum absolute atomic E-state index is 0.0491. The predicted molar refractivity (Wildman–Crippen MR) is 111 cm³/mol. The molecular weight excluding hydrogens is 447 g/mol. The summed E-state index contributed by atoms with van der Waals surface area (Å²) in [6.45, 7) is 6.81. The average molecular weight is 464 g/mol. The van der Waals surface area contributed by atoms with Crippen molar-refractivity contribution in [2.24, 2.45) is 4.99 Å². The largest absolute Gasteiger partial charge is 0.437 e. The highest BCUT2D eigenvalue weighted by Crippen LogP contribution is 2.39. The van der Waals surface area contributed by atoms with Crippen LogP contribution in [0.1, 0.15) is 11.1 Å². The van der Waals surface area contributed by atoms with Crippen LogP contribution in [0.5, 0.6) is 0 Å². The Morgan fingerprint density at radius 3 is 2.36 bits per heavy atom. The lowest BCUT2D eigenvalue weighted by atomic mass is 10.1. The van der Waals surface area contributed by atoms with Gasteiger partial charge in [0.15, 0.2) is 0 Å². The normalized spacial score (nSPS) is 15.8. The minimum atomic E-state index is -1.57. The Labute approximate surface area is 160 Å². The highest BCUT2D eigenvalue weighted by Gasteiger charge is 2.28. The van der Waals surface area contributed by atoms with E-state index in [2.05, 4.69) is 47.2 Å². The number of halogens is 1. The zero-order chi connectivity index (χ0) is 18.2. The van der Waals surface area contributed by atoms with Crippen LogP contribution in [0.2, 0.25) is 19.6 Å². The Balaban J connectivity index is 2.11. The molecule has 0 N–H and O–H groups in total. The Hall–Kier alpha value is -2.00. The van der Waals surface area contributed by atoms with Gasteiger partial charge >= 0.3 is 0 Å². The number of hydrogen-bond acceptors (Lipinski definition) is 4. The molecule has 25 heavy (non-hydrogen) atoms. The number of fused-ring (bicyclic) bond motifs is 1. The molecule has 0 atom stereocenters. The maximum absolute atomic E-state index is 10.8. The second kappa shape index (κ2) is 6.72. The Morgan fingerprint density at radius 2 is 1.76 bits per heavy atom. The van der Waals surface area contributed by atoms with Crippen molar-refractivity contribution in [1.82, 2.24) is 0 Å². The van der Waals surface area contributed by atoms with E-state index in [1.54, 1.807) is 12.1 Å². The van der Waals surface area contributed by atoms with E-state index in [1.165, 1.54) is 15.3 Å². The van der Waals surface area contributed by atoms with Crippen molar-refractivity contribution in [2.75, 3.05) is 0 Å². The molecule has 0 amide bonds. The van der Waals surface area contributed by atoms with Gasteiger partial charge in [0.25, 0.3) is 5.69 Å². The molecule has 0 saturated carbocycles. The molecule has 0 bridgehead atoms. The molecule has 3 rings (SSSR count). The number of para-hydroxylation sites is 1. The van der Waals surface area contributed by atoms with Crippen LogP contribution in [0.25, 0.3) is 5.76 Å². The zero-order valence-corrected chi connectivity index (χ0v) is 17.3. The maximum atomic E-state index is 10.8. The van der Waals surface area contributed by atoms with E-state index in [9.17, 15) is 10.1 Å². The fraction of sp³-hybridized carbons (Fsp3) is 0.167. The molecule has 128 valence electrons. The van der Waals surface area contributed by atoms with Gasteiger partial charge in [-0.15, -0.1) is 0 Å². The number of hydrogen-bond donors (Lipinski definition) is 0. The zero-order valence-electron chi connectivity index (χ0n) is 14.1. The van der Waals surface area contributed by atoms with Crippen LogP contribution in [-0.2, 0) is 4.74 Å². The van der Waals surface area contributed by atoms with Crippen LogP contribution in [0.4, 0.5) is 11.4 Å². The van der Waals surface area contributed by atoms with Crippen molar-refractivity contribution in [3.63, 3.8) is 0 Å². The van der Waals surface area contributed by atoms with Gasteiger partial charge in [-0.2, -0.15) is 0 Å². The molecule has 0 aromatic heterocycles. The van der Waals surface area contributed by atoms with Crippen LogP contribution in [0, 0.1) is 10.1 Å². The number of nitro benzene ring substituents is 1. The van der Waals surface area contributed by atoms with Crippen molar-refractivity contribution in [3.8, 4) is 0 Å². The topological polar surface area (TPSA) is 64.7 Å². The second-order valence-electron chi connectivity index (χ2n) is 6.73. The quantitative estimate of drug-likeness (QED) is 0.254. The first-order valence-electron chi connectivity index (χ1n) is 7.78. The number of nitro groups is 1. The van der Waals surface area contributed by atoms with E-state index < -0.39 is 13.0 Å². The predicted octanol–water partition coefficient (Wildman–Crippen LogP) is 5.68. The Bertz CT molecular complexity index is 899. The average Bonchev–Trinajstić information content (AvgIpc) is 2.59. The van der Waals surface area contributed by atoms with Gasteiger partial charge < -0.3 is 4.74 Å². The molecule has 2 aromatic carbocycles. The van der Waals surface area contributed by atoms with Gasteiger partial charge in [-0.1, -0.05) is 54.4 Å². The summed E-state index contributed by atoms with van der Waals surface area (Å²) >= 11 is 2.38. The van der Waals surface area contributed by atoms with E-state index in [-0.39, 0.29) is 5.69 Å². The van der Waals surface area contributed by atoms with Gasteiger partial charge in [0.2, 0.25) is 5.90 Å². The molecule has 7 heteroatoms. The van der Waals surface area contributed by atoms with E-state index in [0.717, 1.165) is 22.6 Å². The lowest BCUT2D eigenvalue weighted by Gasteiger charge is -2.25. The van der Waals surface area contributed by atoms with E-state index in [0.29, 0.717) is 5.90 Å². The van der Waals surface area contributed by atoms with Gasteiger partial charge in [-0.25, -0.2) is 4.99 Å². The van der Waals surface area contributed by atoms with Gasteiger partial charge in [0.1, 0.15) is 5.76 Å². The molecule has 0 spiro atoms.